The minimum Gasteiger partial charge on any atom is -0.454 e. The number of nitrogens with one attached hydrogen (secondary N) is 1. The maximum atomic E-state index is 8.92. The average molecular weight is 246 g/mol. The molecule has 5 heteroatoms. The SMILES string of the molecule is Cc1[nH]c(CCO)nc1-c1ccc2c(c1)OCO2. The van der Waals surface area contributed by atoms with Gasteiger partial charge in [-0.05, 0) is 25.1 Å². The maximum Gasteiger partial charge on any atom is 0.231 e. The Morgan fingerprint density at radius 1 is 1.33 bits per heavy atom. The van der Waals surface area contributed by atoms with Gasteiger partial charge < -0.3 is 19.6 Å². The molecule has 0 spiro atoms. The Labute approximate surface area is 104 Å². The van der Waals surface area contributed by atoms with Crippen LogP contribution in [0.3, 0.4) is 0 Å². The van der Waals surface area contributed by atoms with Crippen LogP contribution in [-0.2, 0) is 6.42 Å². The van der Waals surface area contributed by atoms with Gasteiger partial charge in [-0.2, -0.15) is 0 Å². The summed E-state index contributed by atoms with van der Waals surface area (Å²) < 4.78 is 10.6. The Bertz CT molecular complexity index is 578. The number of hydrogen-bond donors (Lipinski definition) is 2. The summed E-state index contributed by atoms with van der Waals surface area (Å²) in [4.78, 5) is 7.65. The summed E-state index contributed by atoms with van der Waals surface area (Å²) in [7, 11) is 0. The summed E-state index contributed by atoms with van der Waals surface area (Å²) in [5, 5.41) is 8.92. The second-order valence-electron chi connectivity index (χ2n) is 4.20. The fourth-order valence-corrected chi connectivity index (χ4v) is 2.07. The molecule has 0 unspecified atom stereocenters. The average Bonchev–Trinajstić information content (AvgIpc) is 2.95. The molecule has 0 saturated heterocycles. The number of aryl methyl sites for hydroxylation is 1. The van der Waals surface area contributed by atoms with E-state index in [1.54, 1.807) is 0 Å². The predicted octanol–water partition coefficient (Wildman–Crippen LogP) is 1.65. The number of rotatable bonds is 3. The summed E-state index contributed by atoms with van der Waals surface area (Å²) in [6, 6.07) is 5.77. The fourth-order valence-electron chi connectivity index (χ4n) is 2.07. The lowest BCUT2D eigenvalue weighted by Crippen LogP contribution is -1.93. The molecule has 1 aliphatic heterocycles. The van der Waals surface area contributed by atoms with Crippen LogP contribution in [0.1, 0.15) is 11.5 Å². The highest BCUT2D eigenvalue weighted by Gasteiger charge is 2.16. The van der Waals surface area contributed by atoms with Gasteiger partial charge >= 0.3 is 0 Å². The van der Waals surface area contributed by atoms with E-state index in [4.69, 9.17) is 14.6 Å². The van der Waals surface area contributed by atoms with Crippen molar-refractivity contribution in [1.29, 1.82) is 0 Å². The van der Waals surface area contributed by atoms with Crippen LogP contribution in [0.2, 0.25) is 0 Å². The normalized spacial score (nSPS) is 13.0. The monoisotopic (exact) mass is 246 g/mol. The number of aliphatic hydroxyl groups excluding tert-OH is 1. The Hall–Kier alpha value is -2.01. The standard InChI is InChI=1S/C13H14N2O3/c1-8-13(15-12(14-8)4-5-16)9-2-3-10-11(6-9)18-7-17-10/h2-3,6,16H,4-5,7H2,1H3,(H,14,15). The molecule has 0 atom stereocenters. The first-order valence-corrected chi connectivity index (χ1v) is 5.84. The van der Waals surface area contributed by atoms with E-state index in [2.05, 4.69) is 9.97 Å². The molecule has 0 amide bonds. The predicted molar refractivity (Wildman–Crippen MR) is 65.7 cm³/mol. The van der Waals surface area contributed by atoms with Crippen LogP contribution in [0.4, 0.5) is 0 Å². The number of aromatic nitrogens is 2. The molecule has 0 fully saturated rings. The number of imidazole rings is 1. The molecule has 18 heavy (non-hydrogen) atoms. The number of hydrogen-bond acceptors (Lipinski definition) is 4. The van der Waals surface area contributed by atoms with Gasteiger partial charge in [-0.25, -0.2) is 4.98 Å². The van der Waals surface area contributed by atoms with Crippen LogP contribution in [-0.4, -0.2) is 28.5 Å². The third-order valence-corrected chi connectivity index (χ3v) is 2.93. The first kappa shape index (κ1) is 11.1. The Balaban J connectivity index is 1.99. The van der Waals surface area contributed by atoms with Crippen molar-refractivity contribution in [2.24, 2.45) is 0 Å². The lowest BCUT2D eigenvalue weighted by atomic mass is 10.1. The summed E-state index contributed by atoms with van der Waals surface area (Å²) >= 11 is 0. The number of nitrogens with zero attached hydrogens (tertiary/aromatic N) is 1. The van der Waals surface area contributed by atoms with Crippen molar-refractivity contribution in [2.75, 3.05) is 13.4 Å². The van der Waals surface area contributed by atoms with Gasteiger partial charge in [-0.3, -0.25) is 0 Å². The van der Waals surface area contributed by atoms with Crippen LogP contribution in [0.25, 0.3) is 11.3 Å². The molecule has 0 bridgehead atoms. The van der Waals surface area contributed by atoms with Crippen molar-refractivity contribution in [3.63, 3.8) is 0 Å². The zero-order valence-corrected chi connectivity index (χ0v) is 10.1. The van der Waals surface area contributed by atoms with Gasteiger partial charge in [0.15, 0.2) is 11.5 Å². The highest BCUT2D eigenvalue weighted by molar-refractivity contribution is 5.66. The van der Waals surface area contributed by atoms with E-state index in [0.29, 0.717) is 6.42 Å². The molecule has 1 aliphatic rings. The lowest BCUT2D eigenvalue weighted by Gasteiger charge is -2.00. The van der Waals surface area contributed by atoms with E-state index >= 15 is 0 Å². The van der Waals surface area contributed by atoms with E-state index in [0.717, 1.165) is 34.3 Å². The van der Waals surface area contributed by atoms with Gasteiger partial charge in [-0.15, -0.1) is 0 Å². The van der Waals surface area contributed by atoms with Crippen LogP contribution in [0, 0.1) is 6.92 Å². The van der Waals surface area contributed by atoms with Crippen molar-refractivity contribution < 1.29 is 14.6 Å². The van der Waals surface area contributed by atoms with E-state index in [9.17, 15) is 0 Å². The molecular weight excluding hydrogens is 232 g/mol. The fraction of sp³-hybridized carbons (Fsp3) is 0.308. The Kier molecular flexibility index (Phi) is 2.68. The third-order valence-electron chi connectivity index (χ3n) is 2.93. The Morgan fingerprint density at radius 2 is 2.17 bits per heavy atom. The van der Waals surface area contributed by atoms with Gasteiger partial charge in [0.05, 0.1) is 12.3 Å². The highest BCUT2D eigenvalue weighted by atomic mass is 16.7. The Morgan fingerprint density at radius 3 is 3.00 bits per heavy atom. The van der Waals surface area contributed by atoms with Crippen molar-refractivity contribution >= 4 is 0 Å². The summed E-state index contributed by atoms with van der Waals surface area (Å²) in [5.74, 6) is 2.31. The number of ether oxygens (including phenoxy) is 2. The van der Waals surface area contributed by atoms with Gasteiger partial charge in [0, 0.05) is 17.7 Å². The number of fused-ring (bicyclic) bond motifs is 1. The molecule has 3 rings (SSSR count). The first-order chi connectivity index (χ1) is 8.78. The van der Waals surface area contributed by atoms with E-state index < -0.39 is 0 Å². The number of aliphatic hydroxyl groups is 1. The maximum absolute atomic E-state index is 8.92. The van der Waals surface area contributed by atoms with Crippen molar-refractivity contribution in [3.8, 4) is 22.8 Å². The second kappa shape index (κ2) is 4.34. The van der Waals surface area contributed by atoms with E-state index in [-0.39, 0.29) is 13.4 Å². The van der Waals surface area contributed by atoms with Gasteiger partial charge in [-0.1, -0.05) is 0 Å². The zero-order valence-electron chi connectivity index (χ0n) is 10.1. The largest absolute Gasteiger partial charge is 0.454 e. The van der Waals surface area contributed by atoms with Crippen LogP contribution >= 0.6 is 0 Å². The smallest absolute Gasteiger partial charge is 0.231 e. The number of H-pyrrole nitrogens is 1. The van der Waals surface area contributed by atoms with Crippen LogP contribution in [0.15, 0.2) is 18.2 Å². The van der Waals surface area contributed by atoms with Crippen molar-refractivity contribution in [1.82, 2.24) is 9.97 Å². The summed E-state index contributed by atoms with van der Waals surface area (Å²) in [6.45, 7) is 2.33. The molecule has 2 heterocycles. The second-order valence-corrected chi connectivity index (χ2v) is 4.20. The van der Waals surface area contributed by atoms with Gasteiger partial charge in [0.2, 0.25) is 6.79 Å². The summed E-state index contributed by atoms with van der Waals surface area (Å²) in [6.07, 6.45) is 0.533. The number of aromatic amines is 1. The minimum atomic E-state index is 0.0908. The van der Waals surface area contributed by atoms with Gasteiger partial charge in [0.25, 0.3) is 0 Å². The van der Waals surface area contributed by atoms with Crippen LogP contribution in [0.5, 0.6) is 11.5 Å². The molecule has 5 nitrogen and oxygen atoms in total. The van der Waals surface area contributed by atoms with E-state index in [1.807, 2.05) is 25.1 Å². The molecule has 0 saturated carbocycles. The molecule has 1 aromatic carbocycles. The molecule has 2 N–H and O–H groups in total. The third kappa shape index (κ3) is 1.82. The summed E-state index contributed by atoms with van der Waals surface area (Å²) in [5.41, 5.74) is 2.85. The molecule has 0 aliphatic carbocycles. The number of benzene rings is 1. The zero-order chi connectivity index (χ0) is 12.5. The molecule has 0 radical (unpaired) electrons. The quantitative estimate of drug-likeness (QED) is 0.864. The van der Waals surface area contributed by atoms with Crippen molar-refractivity contribution in [3.05, 3.63) is 29.7 Å². The van der Waals surface area contributed by atoms with Crippen LogP contribution < -0.4 is 9.47 Å². The molecular formula is C13H14N2O3. The van der Waals surface area contributed by atoms with Crippen molar-refractivity contribution in [2.45, 2.75) is 13.3 Å². The highest BCUT2D eigenvalue weighted by Crippen LogP contribution is 2.36. The first-order valence-electron chi connectivity index (χ1n) is 5.84. The van der Waals surface area contributed by atoms with E-state index in [1.165, 1.54) is 0 Å². The lowest BCUT2D eigenvalue weighted by molar-refractivity contribution is 0.174. The molecule has 2 aromatic rings. The topological polar surface area (TPSA) is 67.4 Å². The minimum absolute atomic E-state index is 0.0908. The molecule has 94 valence electrons. The van der Waals surface area contributed by atoms with Gasteiger partial charge in [0.1, 0.15) is 5.82 Å². The molecule has 1 aromatic heterocycles.